The molecule has 0 aromatic carbocycles. The van der Waals surface area contributed by atoms with Crippen molar-refractivity contribution in [2.45, 2.75) is 32.5 Å². The molecule has 0 radical (unpaired) electrons. The van der Waals surface area contributed by atoms with Crippen LogP contribution in [0.25, 0.3) is 10.2 Å². The zero-order valence-corrected chi connectivity index (χ0v) is 17.4. The van der Waals surface area contributed by atoms with Gasteiger partial charge in [-0.1, -0.05) is 11.8 Å². The van der Waals surface area contributed by atoms with Crippen LogP contribution < -0.4 is 16.6 Å². The number of aryl methyl sites for hydroxylation is 2. The number of nitrogens with zero attached hydrogens (tertiary/aromatic N) is 2. The van der Waals surface area contributed by atoms with Gasteiger partial charge in [-0.05, 0) is 37.8 Å². The van der Waals surface area contributed by atoms with E-state index in [4.69, 9.17) is 5.73 Å². The van der Waals surface area contributed by atoms with Crippen molar-refractivity contribution in [2.75, 3.05) is 11.1 Å². The van der Waals surface area contributed by atoms with Crippen molar-refractivity contribution in [3.05, 3.63) is 37.8 Å². The van der Waals surface area contributed by atoms with Crippen molar-refractivity contribution in [1.82, 2.24) is 9.55 Å². The first kappa shape index (κ1) is 19.6. The van der Waals surface area contributed by atoms with E-state index in [0.29, 0.717) is 26.9 Å². The van der Waals surface area contributed by atoms with Crippen LogP contribution in [-0.4, -0.2) is 27.1 Å². The van der Waals surface area contributed by atoms with Gasteiger partial charge in [0.15, 0.2) is 5.16 Å². The molecule has 3 rings (SSSR count). The van der Waals surface area contributed by atoms with Crippen LogP contribution in [0, 0.1) is 13.8 Å². The Morgan fingerprint density at radius 1 is 1.37 bits per heavy atom. The minimum absolute atomic E-state index is 0.0669. The lowest BCUT2D eigenvalue weighted by atomic mass is 10.2. The predicted molar refractivity (Wildman–Crippen MR) is 111 cm³/mol. The number of fused-ring (bicyclic) bond motifs is 1. The smallest absolute Gasteiger partial charge is 0.263 e. The van der Waals surface area contributed by atoms with E-state index in [2.05, 4.69) is 10.3 Å². The fourth-order valence-corrected chi connectivity index (χ4v) is 5.33. The number of carbonyl (C=O) groups is 2. The summed E-state index contributed by atoms with van der Waals surface area (Å²) in [5.74, 6) is -0.813. The third-order valence-electron chi connectivity index (χ3n) is 4.09. The van der Waals surface area contributed by atoms with Crippen molar-refractivity contribution in [3.63, 3.8) is 0 Å². The zero-order valence-electron chi connectivity index (χ0n) is 15.0. The number of primary amides is 1. The van der Waals surface area contributed by atoms with Crippen LogP contribution in [-0.2, 0) is 11.3 Å². The van der Waals surface area contributed by atoms with Crippen molar-refractivity contribution < 1.29 is 9.59 Å². The zero-order chi connectivity index (χ0) is 19.7. The molecule has 27 heavy (non-hydrogen) atoms. The molecule has 2 amide bonds. The lowest BCUT2D eigenvalue weighted by Gasteiger charge is -2.10. The molecule has 0 aliphatic carbocycles. The van der Waals surface area contributed by atoms with Crippen LogP contribution in [0.15, 0.2) is 21.4 Å². The molecule has 3 aromatic rings. The molecule has 0 saturated heterocycles. The minimum atomic E-state index is -0.588. The molecule has 7 nitrogen and oxygen atoms in total. The monoisotopic (exact) mass is 422 g/mol. The maximum absolute atomic E-state index is 12.8. The van der Waals surface area contributed by atoms with Gasteiger partial charge in [0.2, 0.25) is 5.91 Å². The molecule has 3 heterocycles. The highest BCUT2D eigenvalue weighted by atomic mass is 32.2. The Balaban J connectivity index is 1.82. The molecule has 142 valence electrons. The third-order valence-corrected chi connectivity index (χ3v) is 6.99. The van der Waals surface area contributed by atoms with Crippen LogP contribution in [0.3, 0.4) is 0 Å². The van der Waals surface area contributed by atoms with Crippen molar-refractivity contribution >= 4 is 61.5 Å². The van der Waals surface area contributed by atoms with Gasteiger partial charge in [-0.3, -0.25) is 19.0 Å². The first-order valence-corrected chi connectivity index (χ1v) is 10.8. The van der Waals surface area contributed by atoms with Gasteiger partial charge >= 0.3 is 0 Å². The molecule has 0 atom stereocenters. The van der Waals surface area contributed by atoms with E-state index in [1.54, 1.807) is 16.0 Å². The molecular weight excluding hydrogens is 404 g/mol. The topological polar surface area (TPSA) is 107 Å². The van der Waals surface area contributed by atoms with Crippen LogP contribution in [0.1, 0.15) is 27.7 Å². The van der Waals surface area contributed by atoms with Crippen LogP contribution in [0.5, 0.6) is 0 Å². The molecule has 0 unspecified atom stereocenters. The van der Waals surface area contributed by atoms with Crippen molar-refractivity contribution in [1.29, 1.82) is 0 Å². The highest BCUT2D eigenvalue weighted by molar-refractivity contribution is 7.99. The van der Waals surface area contributed by atoms with E-state index in [1.165, 1.54) is 34.4 Å². The normalized spacial score (nSPS) is 11.1. The number of anilines is 1. The molecule has 3 N–H and O–H groups in total. The summed E-state index contributed by atoms with van der Waals surface area (Å²) >= 11 is 3.91. The second-order valence-corrected chi connectivity index (χ2v) is 8.83. The van der Waals surface area contributed by atoms with Crippen molar-refractivity contribution in [3.8, 4) is 0 Å². The Morgan fingerprint density at radius 3 is 2.78 bits per heavy atom. The lowest BCUT2D eigenvalue weighted by molar-refractivity contribution is -0.113. The van der Waals surface area contributed by atoms with Crippen LogP contribution in [0.4, 0.5) is 5.00 Å². The molecule has 0 aliphatic heterocycles. The fourth-order valence-electron chi connectivity index (χ4n) is 2.59. The number of thiophene rings is 2. The Hall–Kier alpha value is -2.17. The van der Waals surface area contributed by atoms with Gasteiger partial charge in [0.25, 0.3) is 11.5 Å². The Kier molecular flexibility index (Phi) is 5.68. The van der Waals surface area contributed by atoms with E-state index >= 15 is 0 Å². The number of rotatable bonds is 6. The summed E-state index contributed by atoms with van der Waals surface area (Å²) in [5, 5.41) is 5.96. The quantitative estimate of drug-likeness (QED) is 0.469. The number of amides is 2. The second kappa shape index (κ2) is 7.83. The van der Waals surface area contributed by atoms with Crippen molar-refractivity contribution in [2.24, 2.45) is 5.73 Å². The maximum Gasteiger partial charge on any atom is 0.263 e. The summed E-state index contributed by atoms with van der Waals surface area (Å²) in [6.45, 7) is 6.24. The van der Waals surface area contributed by atoms with Gasteiger partial charge in [0.05, 0.1) is 16.7 Å². The summed E-state index contributed by atoms with van der Waals surface area (Å²) in [7, 11) is 0. The second-order valence-electron chi connectivity index (χ2n) is 5.77. The third kappa shape index (κ3) is 3.78. The highest BCUT2D eigenvalue weighted by Crippen LogP contribution is 2.28. The number of hydrogen-bond donors (Lipinski definition) is 2. The Labute approximate surface area is 167 Å². The number of carbonyl (C=O) groups excluding carboxylic acids is 2. The van der Waals surface area contributed by atoms with E-state index in [9.17, 15) is 14.4 Å². The first-order valence-electron chi connectivity index (χ1n) is 8.14. The summed E-state index contributed by atoms with van der Waals surface area (Å²) in [6, 6.07) is 1.57. The van der Waals surface area contributed by atoms with Crippen LogP contribution >= 0.6 is 34.4 Å². The molecule has 0 saturated carbocycles. The molecule has 0 aliphatic rings. The number of nitrogens with one attached hydrogen (secondary N) is 1. The van der Waals surface area contributed by atoms with Gasteiger partial charge in [-0.2, -0.15) is 0 Å². The first-order chi connectivity index (χ1) is 12.8. The Morgan fingerprint density at radius 2 is 2.11 bits per heavy atom. The van der Waals surface area contributed by atoms with Gasteiger partial charge in [0.1, 0.15) is 9.83 Å². The standard InChI is InChI=1S/C17H18N4O3S3/c1-4-21-16(24)12-8(2)9(3)27-15(12)20-17(21)26-7-11(22)19-14-10(13(18)23)5-6-25-14/h5-6H,4,7H2,1-3H3,(H2,18,23)(H,19,22). The van der Waals surface area contributed by atoms with E-state index in [0.717, 1.165) is 10.4 Å². The summed E-state index contributed by atoms with van der Waals surface area (Å²) in [6.07, 6.45) is 0. The minimum Gasteiger partial charge on any atom is -0.366 e. The molecule has 10 heteroatoms. The average Bonchev–Trinajstić information content (AvgIpc) is 3.18. The van der Waals surface area contributed by atoms with Gasteiger partial charge in [-0.25, -0.2) is 4.98 Å². The largest absolute Gasteiger partial charge is 0.366 e. The number of hydrogen-bond acceptors (Lipinski definition) is 7. The van der Waals surface area contributed by atoms with E-state index in [1.807, 2.05) is 20.8 Å². The van der Waals surface area contributed by atoms with E-state index < -0.39 is 5.91 Å². The summed E-state index contributed by atoms with van der Waals surface area (Å²) < 4.78 is 1.58. The average molecular weight is 423 g/mol. The number of thioether (sulfide) groups is 1. The Bertz CT molecular complexity index is 1100. The highest BCUT2D eigenvalue weighted by Gasteiger charge is 2.18. The summed E-state index contributed by atoms with van der Waals surface area (Å²) in [4.78, 5) is 42.8. The SMILES string of the molecule is CCn1c(SCC(=O)Nc2sccc2C(N)=O)nc2sc(C)c(C)c2c1=O. The van der Waals surface area contributed by atoms with Gasteiger partial charge < -0.3 is 11.1 Å². The lowest BCUT2D eigenvalue weighted by Crippen LogP contribution is -2.23. The molecular formula is C17H18N4O3S3. The number of aromatic nitrogens is 2. The van der Waals surface area contributed by atoms with Crippen LogP contribution in [0.2, 0.25) is 0 Å². The molecule has 0 fully saturated rings. The van der Waals surface area contributed by atoms with E-state index in [-0.39, 0.29) is 22.8 Å². The van der Waals surface area contributed by atoms with Gasteiger partial charge in [-0.15, -0.1) is 22.7 Å². The molecule has 0 spiro atoms. The number of nitrogens with two attached hydrogens (primary N) is 1. The summed E-state index contributed by atoms with van der Waals surface area (Å²) in [5.41, 5.74) is 6.45. The van der Waals surface area contributed by atoms with Gasteiger partial charge in [0, 0.05) is 11.4 Å². The maximum atomic E-state index is 12.8. The predicted octanol–water partition coefficient (Wildman–Crippen LogP) is 2.99. The molecule has 0 bridgehead atoms. The fraction of sp³-hybridized carbons (Fsp3) is 0.294. The molecule has 3 aromatic heterocycles.